The second-order valence-corrected chi connectivity index (χ2v) is 3.32. The average molecular weight is 131 g/mol. The van der Waals surface area contributed by atoms with Crippen molar-refractivity contribution in [3.8, 4) is 0 Å². The highest BCUT2D eigenvalue weighted by Gasteiger charge is 2.08. The summed E-state index contributed by atoms with van der Waals surface area (Å²) in [5.41, 5.74) is 0.190. The molecule has 1 radical (unpaired) electrons. The molecular formula is C7H15O2. The number of hydrogen-bond acceptors (Lipinski definition) is 1. The molecule has 0 saturated carbocycles. The SMILES string of the molecule is CC(C)(C)COCC[O]. The highest BCUT2D eigenvalue weighted by molar-refractivity contribution is 4.58. The smallest absolute Gasteiger partial charge is 0.106 e. The standard InChI is InChI=1S/C7H15O2/c1-7(2,3)6-9-5-4-8/h4-6H2,1-3H3. The minimum absolute atomic E-state index is 0.129. The van der Waals surface area contributed by atoms with Gasteiger partial charge in [-0.1, -0.05) is 20.8 Å². The molecule has 0 rings (SSSR count). The third-order valence-electron chi connectivity index (χ3n) is 0.763. The van der Waals surface area contributed by atoms with Gasteiger partial charge in [0.15, 0.2) is 0 Å². The molecule has 0 aliphatic carbocycles. The van der Waals surface area contributed by atoms with Crippen LogP contribution in [0.25, 0.3) is 0 Å². The van der Waals surface area contributed by atoms with Crippen LogP contribution in [0.3, 0.4) is 0 Å². The summed E-state index contributed by atoms with van der Waals surface area (Å²) in [6, 6.07) is 0. The minimum atomic E-state index is -0.129. The van der Waals surface area contributed by atoms with Gasteiger partial charge in [-0.3, -0.25) is 0 Å². The lowest BCUT2D eigenvalue weighted by Gasteiger charge is -2.16. The molecule has 55 valence electrons. The van der Waals surface area contributed by atoms with Crippen molar-refractivity contribution in [3.05, 3.63) is 0 Å². The van der Waals surface area contributed by atoms with Crippen molar-refractivity contribution in [2.75, 3.05) is 19.8 Å². The van der Waals surface area contributed by atoms with Gasteiger partial charge in [0.1, 0.15) is 6.61 Å². The maximum Gasteiger partial charge on any atom is 0.106 e. The zero-order valence-corrected chi connectivity index (χ0v) is 6.44. The van der Waals surface area contributed by atoms with Crippen LogP contribution in [0.2, 0.25) is 0 Å². The molecule has 0 saturated heterocycles. The zero-order valence-electron chi connectivity index (χ0n) is 6.44. The third kappa shape index (κ3) is 7.92. The lowest BCUT2D eigenvalue weighted by Crippen LogP contribution is -2.15. The van der Waals surface area contributed by atoms with Gasteiger partial charge < -0.3 is 4.74 Å². The maximum atomic E-state index is 9.89. The Hall–Kier alpha value is -0.0800. The zero-order chi connectivity index (χ0) is 7.33. The largest absolute Gasteiger partial charge is 0.378 e. The van der Waals surface area contributed by atoms with Gasteiger partial charge in [-0.2, -0.15) is 0 Å². The van der Waals surface area contributed by atoms with E-state index in [1.165, 1.54) is 0 Å². The van der Waals surface area contributed by atoms with E-state index in [9.17, 15) is 5.11 Å². The molecule has 0 aliphatic rings. The first-order valence-electron chi connectivity index (χ1n) is 3.22. The third-order valence-corrected chi connectivity index (χ3v) is 0.763. The predicted octanol–water partition coefficient (Wildman–Crippen LogP) is 1.48. The molecule has 0 fully saturated rings. The van der Waals surface area contributed by atoms with E-state index in [1.807, 2.05) is 0 Å². The Morgan fingerprint density at radius 2 is 1.89 bits per heavy atom. The van der Waals surface area contributed by atoms with Crippen LogP contribution in [0.5, 0.6) is 0 Å². The monoisotopic (exact) mass is 131 g/mol. The predicted molar refractivity (Wildman–Crippen MR) is 35.8 cm³/mol. The van der Waals surface area contributed by atoms with Crippen molar-refractivity contribution in [1.82, 2.24) is 0 Å². The molecule has 0 aromatic rings. The first-order valence-corrected chi connectivity index (χ1v) is 3.22. The Bertz CT molecular complexity index is 63.8. The van der Waals surface area contributed by atoms with Crippen LogP contribution in [0.4, 0.5) is 0 Å². The molecule has 0 spiro atoms. The van der Waals surface area contributed by atoms with E-state index in [0.29, 0.717) is 13.2 Å². The fourth-order valence-electron chi connectivity index (χ4n) is 0.437. The van der Waals surface area contributed by atoms with E-state index in [1.54, 1.807) is 0 Å². The van der Waals surface area contributed by atoms with Crippen LogP contribution in [-0.4, -0.2) is 19.8 Å². The minimum Gasteiger partial charge on any atom is -0.378 e. The lowest BCUT2D eigenvalue weighted by molar-refractivity contribution is 0.0285. The van der Waals surface area contributed by atoms with Gasteiger partial charge in [-0.15, -0.1) is 0 Å². The van der Waals surface area contributed by atoms with Crippen molar-refractivity contribution in [3.63, 3.8) is 0 Å². The Morgan fingerprint density at radius 3 is 2.22 bits per heavy atom. The molecule has 0 unspecified atom stereocenters. The van der Waals surface area contributed by atoms with Gasteiger partial charge in [0.2, 0.25) is 0 Å². The van der Waals surface area contributed by atoms with Gasteiger partial charge >= 0.3 is 0 Å². The maximum absolute atomic E-state index is 9.89. The summed E-state index contributed by atoms with van der Waals surface area (Å²) in [4.78, 5) is 0. The van der Waals surface area contributed by atoms with Crippen molar-refractivity contribution in [1.29, 1.82) is 0 Å². The van der Waals surface area contributed by atoms with Crippen molar-refractivity contribution < 1.29 is 9.84 Å². The summed E-state index contributed by atoms with van der Waals surface area (Å²) >= 11 is 0. The van der Waals surface area contributed by atoms with Crippen molar-refractivity contribution >= 4 is 0 Å². The summed E-state index contributed by atoms with van der Waals surface area (Å²) < 4.78 is 5.03. The van der Waals surface area contributed by atoms with E-state index >= 15 is 0 Å². The molecule has 0 aromatic carbocycles. The quantitative estimate of drug-likeness (QED) is 0.533. The summed E-state index contributed by atoms with van der Waals surface area (Å²) in [6.45, 7) is 7.13. The van der Waals surface area contributed by atoms with E-state index in [2.05, 4.69) is 20.8 Å². The molecule has 9 heavy (non-hydrogen) atoms. The summed E-state index contributed by atoms with van der Waals surface area (Å²) in [6.07, 6.45) is 0. The van der Waals surface area contributed by atoms with Gasteiger partial charge in [-0.05, 0) is 5.41 Å². The highest BCUT2D eigenvalue weighted by atomic mass is 16.5. The van der Waals surface area contributed by atoms with Crippen molar-refractivity contribution in [2.24, 2.45) is 5.41 Å². The Kier molecular flexibility index (Phi) is 3.82. The Labute approximate surface area is 56.8 Å². The lowest BCUT2D eigenvalue weighted by atomic mass is 9.99. The van der Waals surface area contributed by atoms with Crippen LogP contribution in [0.15, 0.2) is 0 Å². The van der Waals surface area contributed by atoms with Crippen molar-refractivity contribution in [2.45, 2.75) is 20.8 Å². The molecular weight excluding hydrogens is 116 g/mol. The highest BCUT2D eigenvalue weighted by Crippen LogP contribution is 2.12. The van der Waals surface area contributed by atoms with Crippen LogP contribution < -0.4 is 0 Å². The van der Waals surface area contributed by atoms with E-state index < -0.39 is 0 Å². The summed E-state index contributed by atoms with van der Waals surface area (Å²) in [7, 11) is 0. The molecule has 0 heterocycles. The molecule has 0 bridgehead atoms. The topological polar surface area (TPSA) is 29.1 Å². The fourth-order valence-corrected chi connectivity index (χ4v) is 0.437. The summed E-state index contributed by atoms with van der Waals surface area (Å²) in [5, 5.41) is 9.89. The van der Waals surface area contributed by atoms with Crippen LogP contribution >= 0.6 is 0 Å². The van der Waals surface area contributed by atoms with Crippen LogP contribution in [0, 0.1) is 5.41 Å². The molecule has 2 heteroatoms. The van der Waals surface area contributed by atoms with Gasteiger partial charge in [0, 0.05) is 0 Å². The first-order chi connectivity index (χ1) is 4.06. The number of hydrogen-bond donors (Lipinski definition) is 0. The second kappa shape index (κ2) is 3.85. The molecule has 2 nitrogen and oxygen atoms in total. The van der Waals surface area contributed by atoms with E-state index in [-0.39, 0.29) is 12.0 Å². The second-order valence-electron chi connectivity index (χ2n) is 3.32. The number of rotatable bonds is 3. The van der Waals surface area contributed by atoms with Gasteiger partial charge in [0.25, 0.3) is 0 Å². The Balaban J connectivity index is 3.07. The average Bonchev–Trinajstić information content (AvgIpc) is 1.63. The normalized spacial score (nSPS) is 12.0. The van der Waals surface area contributed by atoms with Crippen LogP contribution in [-0.2, 0) is 9.84 Å². The first kappa shape index (κ1) is 8.92. The molecule has 0 amide bonds. The fraction of sp³-hybridized carbons (Fsp3) is 1.00. The Morgan fingerprint density at radius 1 is 1.33 bits per heavy atom. The van der Waals surface area contributed by atoms with E-state index in [4.69, 9.17) is 4.74 Å². The van der Waals surface area contributed by atoms with Gasteiger partial charge in [-0.25, -0.2) is 5.11 Å². The molecule has 0 atom stereocenters. The van der Waals surface area contributed by atoms with Gasteiger partial charge in [0.05, 0.1) is 13.2 Å². The summed E-state index contributed by atoms with van der Waals surface area (Å²) in [5.74, 6) is 0. The number of ether oxygens (including phenoxy) is 1. The molecule has 0 N–H and O–H groups in total. The van der Waals surface area contributed by atoms with Crippen LogP contribution in [0.1, 0.15) is 20.8 Å². The molecule has 0 aromatic heterocycles. The van der Waals surface area contributed by atoms with E-state index in [0.717, 1.165) is 0 Å². The molecule has 0 aliphatic heterocycles.